The normalized spacial score (nSPS) is 16.1. The van der Waals surface area contributed by atoms with E-state index in [4.69, 9.17) is 5.73 Å². The van der Waals surface area contributed by atoms with Crippen LogP contribution >= 0.6 is 0 Å². The predicted octanol–water partition coefficient (Wildman–Crippen LogP) is 1.57. The van der Waals surface area contributed by atoms with Gasteiger partial charge in [-0.15, -0.1) is 0 Å². The van der Waals surface area contributed by atoms with Gasteiger partial charge in [-0.1, -0.05) is 18.2 Å². The summed E-state index contributed by atoms with van der Waals surface area (Å²) in [5.74, 6) is -0.408. The first-order chi connectivity index (χ1) is 10.1. The molecule has 1 fully saturated rings. The van der Waals surface area contributed by atoms with Crippen molar-refractivity contribution in [3.63, 3.8) is 0 Å². The minimum atomic E-state index is -0.269. The summed E-state index contributed by atoms with van der Waals surface area (Å²) in [7, 11) is 0. The standard InChI is InChI=1S/C16H17N3O2/c17-15(20)11-5-7-19(8-6-11)16(21)13-9-12-3-1-2-4-14(12)18-10-13/h1-4,9-11H,5-8H2,(H2,17,20). The van der Waals surface area contributed by atoms with Crippen molar-refractivity contribution in [2.75, 3.05) is 13.1 Å². The van der Waals surface area contributed by atoms with E-state index in [1.165, 1.54) is 0 Å². The molecule has 1 aromatic heterocycles. The molecule has 1 saturated heterocycles. The number of likely N-dealkylation sites (tertiary alicyclic amines) is 1. The monoisotopic (exact) mass is 283 g/mol. The highest BCUT2D eigenvalue weighted by Crippen LogP contribution is 2.20. The lowest BCUT2D eigenvalue weighted by molar-refractivity contribution is -0.123. The highest BCUT2D eigenvalue weighted by atomic mass is 16.2. The second-order valence-electron chi connectivity index (χ2n) is 5.39. The minimum absolute atomic E-state index is 0.0313. The van der Waals surface area contributed by atoms with Crippen LogP contribution in [0.2, 0.25) is 0 Å². The van der Waals surface area contributed by atoms with E-state index in [1.807, 2.05) is 30.3 Å². The number of piperidine rings is 1. The first-order valence-corrected chi connectivity index (χ1v) is 7.08. The van der Waals surface area contributed by atoms with Crippen molar-refractivity contribution in [1.29, 1.82) is 0 Å². The summed E-state index contributed by atoms with van der Waals surface area (Å²) in [6.07, 6.45) is 2.90. The Morgan fingerprint density at radius 1 is 1.19 bits per heavy atom. The van der Waals surface area contributed by atoms with E-state index in [-0.39, 0.29) is 17.7 Å². The summed E-state index contributed by atoms with van der Waals surface area (Å²) in [6, 6.07) is 9.58. The molecule has 2 heterocycles. The van der Waals surface area contributed by atoms with Gasteiger partial charge in [-0.2, -0.15) is 0 Å². The molecule has 2 aromatic rings. The quantitative estimate of drug-likeness (QED) is 0.909. The summed E-state index contributed by atoms with van der Waals surface area (Å²) < 4.78 is 0. The van der Waals surface area contributed by atoms with Gasteiger partial charge < -0.3 is 10.6 Å². The number of carbonyl (C=O) groups excluding carboxylic acids is 2. The van der Waals surface area contributed by atoms with Crippen LogP contribution in [0.5, 0.6) is 0 Å². The van der Waals surface area contributed by atoms with E-state index in [9.17, 15) is 9.59 Å². The molecular weight excluding hydrogens is 266 g/mol. The third-order valence-corrected chi connectivity index (χ3v) is 4.02. The topological polar surface area (TPSA) is 76.3 Å². The number of aromatic nitrogens is 1. The minimum Gasteiger partial charge on any atom is -0.369 e. The number of nitrogens with two attached hydrogens (primary N) is 1. The Kier molecular flexibility index (Phi) is 3.56. The number of amides is 2. The molecule has 0 unspecified atom stereocenters. The highest BCUT2D eigenvalue weighted by molar-refractivity contribution is 5.97. The van der Waals surface area contributed by atoms with Gasteiger partial charge in [-0.25, -0.2) is 0 Å². The number of carbonyl (C=O) groups is 2. The van der Waals surface area contributed by atoms with E-state index in [2.05, 4.69) is 4.98 Å². The average Bonchev–Trinajstić information content (AvgIpc) is 2.54. The SMILES string of the molecule is NC(=O)C1CCN(C(=O)c2cnc3ccccc3c2)CC1. The molecule has 21 heavy (non-hydrogen) atoms. The van der Waals surface area contributed by atoms with E-state index in [1.54, 1.807) is 11.1 Å². The van der Waals surface area contributed by atoms with Crippen LogP contribution < -0.4 is 5.73 Å². The molecule has 1 aromatic carbocycles. The van der Waals surface area contributed by atoms with Crippen LogP contribution in [0.1, 0.15) is 23.2 Å². The summed E-state index contributed by atoms with van der Waals surface area (Å²) in [5, 5.41) is 0.954. The number of primary amides is 1. The first kappa shape index (κ1) is 13.5. The Balaban J connectivity index is 1.76. The first-order valence-electron chi connectivity index (χ1n) is 7.08. The zero-order chi connectivity index (χ0) is 14.8. The van der Waals surface area contributed by atoms with Crippen molar-refractivity contribution in [2.45, 2.75) is 12.8 Å². The second kappa shape index (κ2) is 5.52. The fourth-order valence-corrected chi connectivity index (χ4v) is 2.74. The van der Waals surface area contributed by atoms with Gasteiger partial charge in [0.15, 0.2) is 0 Å². The van der Waals surface area contributed by atoms with Crippen molar-refractivity contribution in [2.24, 2.45) is 11.7 Å². The molecule has 5 nitrogen and oxygen atoms in total. The third-order valence-electron chi connectivity index (χ3n) is 4.02. The Labute approximate surface area is 122 Å². The summed E-state index contributed by atoms with van der Waals surface area (Å²) >= 11 is 0. The van der Waals surface area contributed by atoms with Gasteiger partial charge in [0.05, 0.1) is 11.1 Å². The van der Waals surface area contributed by atoms with E-state index in [0.29, 0.717) is 31.5 Å². The molecule has 1 aliphatic rings. The molecule has 2 amide bonds. The number of hydrogen-bond acceptors (Lipinski definition) is 3. The predicted molar refractivity (Wildman–Crippen MR) is 79.6 cm³/mol. The zero-order valence-electron chi connectivity index (χ0n) is 11.7. The Morgan fingerprint density at radius 2 is 1.90 bits per heavy atom. The van der Waals surface area contributed by atoms with Gasteiger partial charge >= 0.3 is 0 Å². The maximum Gasteiger partial charge on any atom is 0.255 e. The van der Waals surface area contributed by atoms with Gasteiger partial charge in [0.2, 0.25) is 5.91 Å². The van der Waals surface area contributed by atoms with Crippen molar-refractivity contribution < 1.29 is 9.59 Å². The molecule has 1 aliphatic heterocycles. The van der Waals surface area contributed by atoms with Crippen LogP contribution in [0.25, 0.3) is 10.9 Å². The van der Waals surface area contributed by atoms with Crippen LogP contribution in [0.4, 0.5) is 0 Å². The fraction of sp³-hybridized carbons (Fsp3) is 0.312. The summed E-state index contributed by atoms with van der Waals surface area (Å²) in [4.78, 5) is 29.7. The third kappa shape index (κ3) is 2.72. The molecule has 0 saturated carbocycles. The number of hydrogen-bond donors (Lipinski definition) is 1. The molecular formula is C16H17N3O2. The Morgan fingerprint density at radius 3 is 2.62 bits per heavy atom. The lowest BCUT2D eigenvalue weighted by Gasteiger charge is -2.30. The van der Waals surface area contributed by atoms with Crippen LogP contribution in [-0.2, 0) is 4.79 Å². The molecule has 0 aliphatic carbocycles. The van der Waals surface area contributed by atoms with Gasteiger partial charge in [-0.05, 0) is 25.0 Å². The van der Waals surface area contributed by atoms with Gasteiger partial charge in [0.1, 0.15) is 0 Å². The van der Waals surface area contributed by atoms with Crippen molar-refractivity contribution in [1.82, 2.24) is 9.88 Å². The fourth-order valence-electron chi connectivity index (χ4n) is 2.74. The number of pyridine rings is 1. The van der Waals surface area contributed by atoms with Crippen LogP contribution in [0.15, 0.2) is 36.5 Å². The number of fused-ring (bicyclic) bond motifs is 1. The zero-order valence-corrected chi connectivity index (χ0v) is 11.7. The molecule has 5 heteroatoms. The van der Waals surface area contributed by atoms with Crippen LogP contribution in [0.3, 0.4) is 0 Å². The molecule has 3 rings (SSSR count). The number of para-hydroxylation sites is 1. The number of benzene rings is 1. The lowest BCUT2D eigenvalue weighted by Crippen LogP contribution is -2.41. The van der Waals surface area contributed by atoms with Crippen LogP contribution in [0, 0.1) is 5.92 Å². The van der Waals surface area contributed by atoms with E-state index < -0.39 is 0 Å². The van der Waals surface area contributed by atoms with Crippen molar-refractivity contribution in [3.8, 4) is 0 Å². The maximum absolute atomic E-state index is 12.5. The van der Waals surface area contributed by atoms with Gasteiger partial charge in [-0.3, -0.25) is 14.6 Å². The van der Waals surface area contributed by atoms with Crippen molar-refractivity contribution in [3.05, 3.63) is 42.1 Å². The number of nitrogens with zero attached hydrogens (tertiary/aromatic N) is 2. The Hall–Kier alpha value is -2.43. The van der Waals surface area contributed by atoms with Gasteiger partial charge in [0.25, 0.3) is 5.91 Å². The summed E-state index contributed by atoms with van der Waals surface area (Å²) in [6.45, 7) is 1.14. The molecule has 108 valence electrons. The lowest BCUT2D eigenvalue weighted by atomic mass is 9.96. The molecule has 0 bridgehead atoms. The second-order valence-corrected chi connectivity index (χ2v) is 5.39. The smallest absolute Gasteiger partial charge is 0.255 e. The maximum atomic E-state index is 12.5. The molecule has 0 atom stereocenters. The van der Waals surface area contributed by atoms with Crippen LogP contribution in [-0.4, -0.2) is 34.8 Å². The number of rotatable bonds is 2. The summed E-state index contributed by atoms with van der Waals surface area (Å²) in [5.41, 5.74) is 6.78. The Bertz CT molecular complexity index is 691. The molecule has 0 spiro atoms. The average molecular weight is 283 g/mol. The molecule has 2 N–H and O–H groups in total. The van der Waals surface area contributed by atoms with Gasteiger partial charge in [0, 0.05) is 30.6 Å². The molecule has 0 radical (unpaired) electrons. The highest BCUT2D eigenvalue weighted by Gasteiger charge is 2.26. The van der Waals surface area contributed by atoms with E-state index >= 15 is 0 Å². The van der Waals surface area contributed by atoms with Crippen molar-refractivity contribution >= 4 is 22.7 Å². The largest absolute Gasteiger partial charge is 0.369 e. The van der Waals surface area contributed by atoms with E-state index in [0.717, 1.165) is 10.9 Å².